The van der Waals surface area contributed by atoms with Crippen molar-refractivity contribution in [1.82, 2.24) is 14.5 Å². The van der Waals surface area contributed by atoms with E-state index in [-0.39, 0.29) is 5.91 Å². The fourth-order valence-corrected chi connectivity index (χ4v) is 4.68. The topological polar surface area (TPSA) is 50.2 Å². The van der Waals surface area contributed by atoms with Gasteiger partial charge in [0.1, 0.15) is 11.5 Å². The summed E-state index contributed by atoms with van der Waals surface area (Å²) in [6.07, 6.45) is 4.97. The van der Waals surface area contributed by atoms with Gasteiger partial charge < -0.3 is 9.88 Å². The SMILES string of the molecule is Cc1ccc(CN2CCSCC2)cc1NC(=O)c1cnc2n1CCCC2. The number of aryl methyl sites for hydroxylation is 2. The van der Waals surface area contributed by atoms with Crippen LogP contribution in [0.3, 0.4) is 0 Å². The van der Waals surface area contributed by atoms with Gasteiger partial charge in [-0.2, -0.15) is 11.8 Å². The first-order chi connectivity index (χ1) is 12.7. The minimum Gasteiger partial charge on any atom is -0.324 e. The van der Waals surface area contributed by atoms with Gasteiger partial charge in [-0.05, 0) is 37.0 Å². The Morgan fingerprint density at radius 1 is 1.23 bits per heavy atom. The number of aromatic nitrogens is 2. The Balaban J connectivity index is 1.49. The molecule has 2 aromatic rings. The largest absolute Gasteiger partial charge is 0.324 e. The quantitative estimate of drug-likeness (QED) is 0.897. The maximum Gasteiger partial charge on any atom is 0.273 e. The number of rotatable bonds is 4. The zero-order valence-electron chi connectivity index (χ0n) is 15.3. The van der Waals surface area contributed by atoms with Crippen LogP contribution >= 0.6 is 11.8 Å². The molecular weight excluding hydrogens is 344 g/mol. The second kappa shape index (κ2) is 7.84. The smallest absolute Gasteiger partial charge is 0.273 e. The van der Waals surface area contributed by atoms with Gasteiger partial charge in [-0.1, -0.05) is 12.1 Å². The fourth-order valence-electron chi connectivity index (χ4n) is 3.70. The number of fused-ring (bicyclic) bond motifs is 1. The van der Waals surface area contributed by atoms with E-state index in [9.17, 15) is 4.79 Å². The lowest BCUT2D eigenvalue weighted by atomic mass is 10.1. The Labute approximate surface area is 159 Å². The van der Waals surface area contributed by atoms with Crippen molar-refractivity contribution in [2.45, 2.75) is 39.3 Å². The van der Waals surface area contributed by atoms with Crippen molar-refractivity contribution in [3.8, 4) is 0 Å². The summed E-state index contributed by atoms with van der Waals surface area (Å²) < 4.78 is 2.07. The van der Waals surface area contributed by atoms with Crippen LogP contribution in [0.15, 0.2) is 24.4 Å². The molecule has 0 atom stereocenters. The molecular formula is C20H26N4OS. The number of nitrogens with one attached hydrogen (secondary N) is 1. The molecule has 2 aliphatic heterocycles. The van der Waals surface area contributed by atoms with E-state index in [1.54, 1.807) is 6.20 Å². The number of benzene rings is 1. The standard InChI is InChI=1S/C20H26N4OS/c1-15-5-6-16(14-23-8-10-26-11-9-23)12-17(15)22-20(25)18-13-21-19-4-2-3-7-24(18)19/h5-6,12-13H,2-4,7-11,14H2,1H3,(H,22,25). The first kappa shape index (κ1) is 17.6. The average Bonchev–Trinajstić information content (AvgIpc) is 3.09. The number of anilines is 1. The number of hydrogen-bond donors (Lipinski definition) is 1. The highest BCUT2D eigenvalue weighted by Crippen LogP contribution is 2.22. The van der Waals surface area contributed by atoms with Crippen LogP contribution in [-0.4, -0.2) is 45.0 Å². The third-order valence-corrected chi connectivity index (χ3v) is 6.21. The summed E-state index contributed by atoms with van der Waals surface area (Å²) in [5, 5.41) is 3.12. The molecule has 1 amide bonds. The molecule has 6 heteroatoms. The first-order valence-corrected chi connectivity index (χ1v) is 10.6. The molecule has 0 radical (unpaired) electrons. The van der Waals surface area contributed by atoms with E-state index in [0.29, 0.717) is 5.69 Å². The van der Waals surface area contributed by atoms with Crippen molar-refractivity contribution in [2.75, 3.05) is 29.9 Å². The van der Waals surface area contributed by atoms with Crippen molar-refractivity contribution < 1.29 is 4.79 Å². The van der Waals surface area contributed by atoms with Crippen molar-refractivity contribution in [2.24, 2.45) is 0 Å². The lowest BCUT2D eigenvalue weighted by molar-refractivity contribution is 0.101. The Morgan fingerprint density at radius 3 is 2.92 bits per heavy atom. The third-order valence-electron chi connectivity index (χ3n) is 5.26. The zero-order valence-corrected chi connectivity index (χ0v) is 16.1. The molecule has 0 bridgehead atoms. The Bertz CT molecular complexity index is 795. The summed E-state index contributed by atoms with van der Waals surface area (Å²) in [5.41, 5.74) is 3.94. The number of imidazole rings is 1. The van der Waals surface area contributed by atoms with Gasteiger partial charge in [0.2, 0.25) is 0 Å². The number of carbonyl (C=O) groups is 1. The van der Waals surface area contributed by atoms with E-state index in [0.717, 1.165) is 62.5 Å². The highest BCUT2D eigenvalue weighted by Gasteiger charge is 2.19. The summed E-state index contributed by atoms with van der Waals surface area (Å²) in [7, 11) is 0. The molecule has 3 heterocycles. The van der Waals surface area contributed by atoms with Gasteiger partial charge in [0.05, 0.1) is 6.20 Å². The van der Waals surface area contributed by atoms with E-state index in [2.05, 4.69) is 38.0 Å². The van der Waals surface area contributed by atoms with Gasteiger partial charge in [-0.15, -0.1) is 0 Å². The lowest BCUT2D eigenvalue weighted by Crippen LogP contribution is -2.32. The molecule has 2 aliphatic rings. The molecule has 1 N–H and O–H groups in total. The molecule has 0 unspecified atom stereocenters. The molecule has 0 saturated carbocycles. The second-order valence-electron chi connectivity index (χ2n) is 7.16. The Kier molecular flexibility index (Phi) is 5.31. The highest BCUT2D eigenvalue weighted by atomic mass is 32.2. The summed E-state index contributed by atoms with van der Waals surface area (Å²) in [6, 6.07) is 6.41. The van der Waals surface area contributed by atoms with Crippen LogP contribution < -0.4 is 5.32 Å². The van der Waals surface area contributed by atoms with E-state index < -0.39 is 0 Å². The van der Waals surface area contributed by atoms with Gasteiger partial charge >= 0.3 is 0 Å². The van der Waals surface area contributed by atoms with E-state index >= 15 is 0 Å². The Morgan fingerprint density at radius 2 is 2.08 bits per heavy atom. The molecule has 1 aromatic carbocycles. The van der Waals surface area contributed by atoms with E-state index in [1.807, 2.05) is 18.7 Å². The number of amides is 1. The molecule has 26 heavy (non-hydrogen) atoms. The number of thioether (sulfide) groups is 1. The van der Waals surface area contributed by atoms with Crippen LogP contribution in [0.2, 0.25) is 0 Å². The minimum absolute atomic E-state index is 0.0553. The van der Waals surface area contributed by atoms with Crippen LogP contribution in [0, 0.1) is 6.92 Å². The van der Waals surface area contributed by atoms with Crippen LogP contribution in [0.4, 0.5) is 5.69 Å². The Hall–Kier alpha value is -1.79. The minimum atomic E-state index is -0.0553. The fraction of sp³-hybridized carbons (Fsp3) is 0.500. The average molecular weight is 371 g/mol. The van der Waals surface area contributed by atoms with Gasteiger partial charge in [-0.25, -0.2) is 4.98 Å². The van der Waals surface area contributed by atoms with Crippen LogP contribution in [0.25, 0.3) is 0 Å². The van der Waals surface area contributed by atoms with Crippen molar-refractivity contribution in [1.29, 1.82) is 0 Å². The number of carbonyl (C=O) groups excluding carboxylic acids is 1. The normalized spacial score (nSPS) is 17.7. The van der Waals surface area contributed by atoms with Crippen molar-refractivity contribution >= 4 is 23.4 Å². The predicted octanol–water partition coefficient (Wildman–Crippen LogP) is 3.33. The third kappa shape index (κ3) is 3.81. The van der Waals surface area contributed by atoms with Crippen LogP contribution in [0.5, 0.6) is 0 Å². The zero-order chi connectivity index (χ0) is 17.9. The van der Waals surface area contributed by atoms with E-state index in [4.69, 9.17) is 0 Å². The number of nitrogens with zero attached hydrogens (tertiary/aromatic N) is 3. The predicted molar refractivity (Wildman–Crippen MR) is 107 cm³/mol. The lowest BCUT2D eigenvalue weighted by Gasteiger charge is -2.26. The summed E-state index contributed by atoms with van der Waals surface area (Å²) in [4.78, 5) is 19.7. The van der Waals surface area contributed by atoms with E-state index in [1.165, 1.54) is 17.1 Å². The second-order valence-corrected chi connectivity index (χ2v) is 8.39. The number of hydrogen-bond acceptors (Lipinski definition) is 4. The van der Waals surface area contributed by atoms with Gasteiger partial charge in [0.25, 0.3) is 5.91 Å². The van der Waals surface area contributed by atoms with Gasteiger partial charge in [0, 0.05) is 49.8 Å². The molecule has 1 saturated heterocycles. The molecule has 1 aromatic heterocycles. The molecule has 5 nitrogen and oxygen atoms in total. The van der Waals surface area contributed by atoms with Crippen molar-refractivity contribution in [3.63, 3.8) is 0 Å². The van der Waals surface area contributed by atoms with Crippen LogP contribution in [0.1, 0.15) is 40.3 Å². The van der Waals surface area contributed by atoms with Crippen LogP contribution in [-0.2, 0) is 19.5 Å². The molecule has 0 spiro atoms. The monoisotopic (exact) mass is 370 g/mol. The maximum atomic E-state index is 12.8. The molecule has 0 aliphatic carbocycles. The molecule has 138 valence electrons. The summed E-state index contributed by atoms with van der Waals surface area (Å²) >= 11 is 2.03. The molecule has 1 fully saturated rings. The highest BCUT2D eigenvalue weighted by molar-refractivity contribution is 7.99. The maximum absolute atomic E-state index is 12.8. The molecule has 4 rings (SSSR count). The van der Waals surface area contributed by atoms with Gasteiger partial charge in [0.15, 0.2) is 0 Å². The summed E-state index contributed by atoms with van der Waals surface area (Å²) in [5.74, 6) is 3.40. The van der Waals surface area contributed by atoms with Gasteiger partial charge in [-0.3, -0.25) is 9.69 Å². The summed E-state index contributed by atoms with van der Waals surface area (Å²) in [6.45, 7) is 6.17. The first-order valence-electron chi connectivity index (χ1n) is 9.46. The van der Waals surface area contributed by atoms with Crippen molar-refractivity contribution in [3.05, 3.63) is 47.0 Å².